The van der Waals surface area contributed by atoms with Gasteiger partial charge in [-0.15, -0.1) is 5.10 Å². The van der Waals surface area contributed by atoms with E-state index in [4.69, 9.17) is 16.6 Å². The largest absolute Gasteiger partial charge is 0.409 e. The number of nitrogens with zero attached hydrogens (tertiary/aromatic N) is 2. The molecular weight excluding hydrogens is 354 g/mol. The third-order valence-electron chi connectivity index (χ3n) is 3.66. The molecule has 2 heterocycles. The van der Waals surface area contributed by atoms with Gasteiger partial charge < -0.3 is 14.4 Å². The lowest BCUT2D eigenvalue weighted by Gasteiger charge is -2.26. The van der Waals surface area contributed by atoms with Crippen LogP contribution in [0.4, 0.5) is 0 Å². The third kappa shape index (κ3) is 3.60. The summed E-state index contributed by atoms with van der Waals surface area (Å²) in [7, 11) is 0. The van der Waals surface area contributed by atoms with E-state index in [-0.39, 0.29) is 6.10 Å². The highest BCUT2D eigenvalue weighted by Crippen LogP contribution is 2.20. The molecule has 21 heavy (non-hydrogen) atoms. The SMILES string of the molecule is O[C@@H]1CCC[NH+](Cn2nc(-c3ccc(Br)cc3)oc2=S)C1. The molecule has 3 rings (SSSR count). The normalized spacial score (nSPS) is 22.4. The van der Waals surface area contributed by atoms with Crippen LogP contribution >= 0.6 is 28.1 Å². The zero-order valence-electron chi connectivity index (χ0n) is 11.5. The molecule has 7 heteroatoms. The number of likely N-dealkylation sites (tertiary alicyclic amines) is 1. The van der Waals surface area contributed by atoms with Crippen LogP contribution in [0, 0.1) is 4.84 Å². The summed E-state index contributed by atoms with van der Waals surface area (Å²) >= 11 is 8.65. The molecule has 0 aliphatic carbocycles. The number of quaternary nitrogens is 1. The Labute approximate surface area is 136 Å². The highest BCUT2D eigenvalue weighted by atomic mass is 79.9. The smallest absolute Gasteiger partial charge is 0.292 e. The number of nitrogens with one attached hydrogen (secondary N) is 1. The van der Waals surface area contributed by atoms with Crippen molar-refractivity contribution in [1.82, 2.24) is 9.78 Å². The maximum Gasteiger partial charge on any atom is 0.292 e. The first-order valence-electron chi connectivity index (χ1n) is 6.97. The monoisotopic (exact) mass is 370 g/mol. The number of aromatic nitrogens is 2. The number of hydrogen-bond acceptors (Lipinski definition) is 4. The van der Waals surface area contributed by atoms with Gasteiger partial charge in [0.05, 0.1) is 6.54 Å². The first-order valence-corrected chi connectivity index (χ1v) is 8.17. The van der Waals surface area contributed by atoms with E-state index in [9.17, 15) is 5.11 Å². The van der Waals surface area contributed by atoms with Gasteiger partial charge in [-0.3, -0.25) is 0 Å². The second-order valence-electron chi connectivity index (χ2n) is 5.34. The van der Waals surface area contributed by atoms with Gasteiger partial charge in [0.25, 0.3) is 4.84 Å². The highest BCUT2D eigenvalue weighted by molar-refractivity contribution is 9.10. The van der Waals surface area contributed by atoms with Crippen LogP contribution in [-0.2, 0) is 6.67 Å². The van der Waals surface area contributed by atoms with Crippen molar-refractivity contribution >= 4 is 28.1 Å². The lowest BCUT2D eigenvalue weighted by molar-refractivity contribution is -0.931. The van der Waals surface area contributed by atoms with Crippen LogP contribution in [0.1, 0.15) is 12.8 Å². The van der Waals surface area contributed by atoms with Gasteiger partial charge in [0.1, 0.15) is 12.6 Å². The highest BCUT2D eigenvalue weighted by Gasteiger charge is 2.22. The molecule has 1 aliphatic rings. The van der Waals surface area contributed by atoms with E-state index in [1.54, 1.807) is 4.68 Å². The molecule has 1 unspecified atom stereocenters. The molecule has 0 amide bonds. The van der Waals surface area contributed by atoms with Gasteiger partial charge >= 0.3 is 0 Å². The number of rotatable bonds is 3. The van der Waals surface area contributed by atoms with E-state index < -0.39 is 0 Å². The van der Waals surface area contributed by atoms with Crippen LogP contribution < -0.4 is 4.90 Å². The van der Waals surface area contributed by atoms with Crippen molar-refractivity contribution in [2.24, 2.45) is 0 Å². The molecule has 1 aliphatic heterocycles. The quantitative estimate of drug-likeness (QED) is 0.806. The Kier molecular flexibility index (Phi) is 4.54. The summed E-state index contributed by atoms with van der Waals surface area (Å²) in [6.45, 7) is 2.40. The first-order chi connectivity index (χ1) is 10.1. The molecule has 1 aromatic carbocycles. The standard InChI is InChI=1S/C14H16BrN3O2S/c15-11-5-3-10(4-6-11)13-16-18(14(21)20-13)9-17-7-1-2-12(19)8-17/h3-6,12,19H,1-2,7-9H2/p+1/t12-/m1/s1. The lowest BCUT2D eigenvalue weighted by Crippen LogP contribution is -3.13. The molecule has 1 fully saturated rings. The van der Waals surface area contributed by atoms with E-state index in [2.05, 4.69) is 21.0 Å². The van der Waals surface area contributed by atoms with Crippen LogP contribution in [0.25, 0.3) is 11.5 Å². The Bertz CT molecular complexity index is 668. The van der Waals surface area contributed by atoms with Gasteiger partial charge in [0, 0.05) is 10.0 Å². The van der Waals surface area contributed by atoms with Crippen LogP contribution in [0.2, 0.25) is 0 Å². The molecule has 112 valence electrons. The molecule has 0 bridgehead atoms. The van der Waals surface area contributed by atoms with Crippen molar-refractivity contribution in [1.29, 1.82) is 0 Å². The van der Waals surface area contributed by atoms with Gasteiger partial charge in [0.15, 0.2) is 6.67 Å². The summed E-state index contributed by atoms with van der Waals surface area (Å²) < 4.78 is 8.30. The second-order valence-corrected chi connectivity index (χ2v) is 6.60. The van der Waals surface area contributed by atoms with Gasteiger partial charge in [-0.05, 0) is 49.3 Å². The van der Waals surface area contributed by atoms with Crippen molar-refractivity contribution in [2.45, 2.75) is 25.6 Å². The van der Waals surface area contributed by atoms with Crippen LogP contribution in [0.5, 0.6) is 0 Å². The number of hydrogen-bond donors (Lipinski definition) is 2. The minimum Gasteiger partial charge on any atom is -0.409 e. The van der Waals surface area contributed by atoms with Gasteiger partial charge in [0.2, 0.25) is 5.89 Å². The Hall–Kier alpha value is -1.02. The third-order valence-corrected chi connectivity index (χ3v) is 4.49. The number of piperidine rings is 1. The average molecular weight is 371 g/mol. The minimum absolute atomic E-state index is 0.222. The molecule has 5 nitrogen and oxygen atoms in total. The lowest BCUT2D eigenvalue weighted by atomic mass is 10.1. The van der Waals surface area contributed by atoms with Gasteiger partial charge in [-0.2, -0.15) is 4.68 Å². The fourth-order valence-electron chi connectivity index (χ4n) is 2.60. The molecule has 2 aromatic rings. The predicted molar refractivity (Wildman–Crippen MR) is 84.4 cm³/mol. The van der Waals surface area contributed by atoms with E-state index in [0.717, 1.165) is 36.0 Å². The van der Waals surface area contributed by atoms with Gasteiger partial charge in [-0.25, -0.2) is 0 Å². The fourth-order valence-corrected chi connectivity index (χ4v) is 3.04. The van der Waals surface area contributed by atoms with Gasteiger partial charge in [-0.1, -0.05) is 15.9 Å². The average Bonchev–Trinajstić information content (AvgIpc) is 2.81. The van der Waals surface area contributed by atoms with E-state index in [0.29, 0.717) is 17.4 Å². The summed E-state index contributed by atoms with van der Waals surface area (Å²) in [6.07, 6.45) is 1.69. The number of aliphatic hydroxyl groups is 1. The van der Waals surface area contributed by atoms with E-state index >= 15 is 0 Å². The van der Waals surface area contributed by atoms with Crippen molar-refractivity contribution < 1.29 is 14.4 Å². The molecule has 0 spiro atoms. The molecular formula is C14H17BrN3O2S+. The summed E-state index contributed by atoms with van der Waals surface area (Å²) in [4.78, 5) is 1.65. The number of benzene rings is 1. The molecule has 0 saturated carbocycles. The number of halogens is 1. The molecule has 2 atom stereocenters. The summed E-state index contributed by atoms with van der Waals surface area (Å²) in [5.74, 6) is 0.532. The predicted octanol–water partition coefficient (Wildman–Crippen LogP) is 1.63. The summed E-state index contributed by atoms with van der Waals surface area (Å²) in [5, 5.41) is 14.2. The zero-order chi connectivity index (χ0) is 14.8. The van der Waals surface area contributed by atoms with Crippen LogP contribution in [0.3, 0.4) is 0 Å². The Morgan fingerprint density at radius 2 is 2.19 bits per heavy atom. The number of aliphatic hydroxyl groups excluding tert-OH is 1. The zero-order valence-corrected chi connectivity index (χ0v) is 13.9. The fraction of sp³-hybridized carbons (Fsp3) is 0.429. The maximum absolute atomic E-state index is 9.73. The van der Waals surface area contributed by atoms with E-state index in [1.165, 1.54) is 4.90 Å². The summed E-state index contributed by atoms with van der Waals surface area (Å²) in [5.41, 5.74) is 0.900. The Morgan fingerprint density at radius 1 is 1.43 bits per heavy atom. The first kappa shape index (κ1) is 14.9. The molecule has 1 aromatic heterocycles. The maximum atomic E-state index is 9.73. The Morgan fingerprint density at radius 3 is 2.90 bits per heavy atom. The summed E-state index contributed by atoms with van der Waals surface area (Å²) in [6, 6.07) is 7.76. The minimum atomic E-state index is -0.222. The van der Waals surface area contributed by atoms with Crippen molar-refractivity contribution in [3.63, 3.8) is 0 Å². The van der Waals surface area contributed by atoms with Crippen molar-refractivity contribution in [3.05, 3.63) is 33.6 Å². The van der Waals surface area contributed by atoms with Crippen molar-refractivity contribution in [2.75, 3.05) is 13.1 Å². The molecule has 2 N–H and O–H groups in total. The van der Waals surface area contributed by atoms with Crippen molar-refractivity contribution in [3.8, 4) is 11.5 Å². The van der Waals surface area contributed by atoms with E-state index in [1.807, 2.05) is 24.3 Å². The van der Waals surface area contributed by atoms with Crippen LogP contribution in [-0.4, -0.2) is 34.1 Å². The molecule has 1 saturated heterocycles. The topological polar surface area (TPSA) is 55.6 Å². The van der Waals surface area contributed by atoms with Crippen LogP contribution in [0.15, 0.2) is 33.2 Å². The Balaban J connectivity index is 1.78. The second kappa shape index (κ2) is 6.39. The molecule has 0 radical (unpaired) electrons.